The Morgan fingerprint density at radius 1 is 1.35 bits per heavy atom. The molecule has 4 nitrogen and oxygen atoms in total. The summed E-state index contributed by atoms with van der Waals surface area (Å²) in [6.45, 7) is 2.26. The fourth-order valence-electron chi connectivity index (χ4n) is 2.55. The highest BCUT2D eigenvalue weighted by molar-refractivity contribution is 6.42. The standard InChI is InChI=1S/C14H15Cl2NO3/c1-8-10(14(19)20)4-5-17(8)13(18)7-9-2-3-11(15)12(16)6-9/h2-3,6,8,10H,4-5,7H2,1H3,(H,19,20). The fourth-order valence-corrected chi connectivity index (χ4v) is 2.87. The number of hydrogen-bond donors (Lipinski definition) is 1. The number of carbonyl (C=O) groups is 2. The zero-order chi connectivity index (χ0) is 14.9. The van der Waals surface area contributed by atoms with Crippen LogP contribution in [0.15, 0.2) is 18.2 Å². The van der Waals surface area contributed by atoms with Crippen LogP contribution in [0.3, 0.4) is 0 Å². The summed E-state index contributed by atoms with van der Waals surface area (Å²) in [5.41, 5.74) is 0.773. The van der Waals surface area contributed by atoms with Crippen molar-refractivity contribution in [1.82, 2.24) is 4.90 Å². The van der Waals surface area contributed by atoms with Gasteiger partial charge in [0.2, 0.25) is 5.91 Å². The fraction of sp³-hybridized carbons (Fsp3) is 0.429. The van der Waals surface area contributed by atoms with Crippen molar-refractivity contribution in [3.8, 4) is 0 Å². The van der Waals surface area contributed by atoms with E-state index in [2.05, 4.69) is 0 Å². The molecule has 0 bridgehead atoms. The van der Waals surface area contributed by atoms with Crippen LogP contribution in [0, 0.1) is 5.92 Å². The first-order valence-electron chi connectivity index (χ1n) is 6.36. The second kappa shape index (κ2) is 6.02. The quantitative estimate of drug-likeness (QED) is 0.933. The summed E-state index contributed by atoms with van der Waals surface area (Å²) in [6.07, 6.45) is 0.706. The molecule has 1 aromatic rings. The Kier molecular flexibility index (Phi) is 4.55. The third-order valence-corrected chi connectivity index (χ3v) is 4.47. The molecule has 1 fully saturated rings. The van der Waals surface area contributed by atoms with Gasteiger partial charge in [-0.1, -0.05) is 29.3 Å². The van der Waals surface area contributed by atoms with Gasteiger partial charge in [0.15, 0.2) is 0 Å². The Hall–Kier alpha value is -1.26. The molecule has 1 aromatic carbocycles. The predicted octanol–water partition coefficient (Wildman–Crippen LogP) is 2.86. The number of likely N-dealkylation sites (tertiary alicyclic amines) is 1. The van der Waals surface area contributed by atoms with Gasteiger partial charge < -0.3 is 10.0 Å². The first kappa shape index (κ1) is 15.1. The number of aliphatic carboxylic acids is 1. The first-order valence-corrected chi connectivity index (χ1v) is 7.12. The Labute approximate surface area is 127 Å². The summed E-state index contributed by atoms with van der Waals surface area (Å²) in [5.74, 6) is -1.41. The number of hydrogen-bond acceptors (Lipinski definition) is 2. The highest BCUT2D eigenvalue weighted by Crippen LogP contribution is 2.26. The average Bonchev–Trinajstić information content (AvgIpc) is 2.76. The lowest BCUT2D eigenvalue weighted by Crippen LogP contribution is -2.38. The van der Waals surface area contributed by atoms with Crippen LogP contribution in [0.25, 0.3) is 0 Å². The Morgan fingerprint density at radius 3 is 2.60 bits per heavy atom. The Bertz CT molecular complexity index is 547. The Balaban J connectivity index is 2.05. The van der Waals surface area contributed by atoms with Crippen molar-refractivity contribution in [1.29, 1.82) is 0 Å². The highest BCUT2D eigenvalue weighted by Gasteiger charge is 2.37. The predicted molar refractivity (Wildman–Crippen MR) is 77.1 cm³/mol. The SMILES string of the molecule is CC1C(C(=O)O)CCN1C(=O)Cc1ccc(Cl)c(Cl)c1. The molecule has 0 aliphatic carbocycles. The van der Waals surface area contributed by atoms with Crippen LogP contribution in [-0.4, -0.2) is 34.5 Å². The van der Waals surface area contributed by atoms with Crippen molar-refractivity contribution < 1.29 is 14.7 Å². The van der Waals surface area contributed by atoms with Gasteiger partial charge in [0.1, 0.15) is 0 Å². The molecule has 1 heterocycles. The van der Waals surface area contributed by atoms with E-state index in [1.165, 1.54) is 0 Å². The van der Waals surface area contributed by atoms with E-state index in [9.17, 15) is 9.59 Å². The van der Waals surface area contributed by atoms with Gasteiger partial charge in [-0.15, -0.1) is 0 Å². The van der Waals surface area contributed by atoms with Gasteiger partial charge in [0.05, 0.1) is 22.4 Å². The normalized spacial score (nSPS) is 22.1. The zero-order valence-corrected chi connectivity index (χ0v) is 12.5. The van der Waals surface area contributed by atoms with Gasteiger partial charge in [-0.3, -0.25) is 9.59 Å². The van der Waals surface area contributed by atoms with Crippen LogP contribution < -0.4 is 0 Å². The summed E-state index contributed by atoms with van der Waals surface area (Å²) in [5, 5.41) is 9.93. The molecule has 1 aliphatic rings. The lowest BCUT2D eigenvalue weighted by atomic mass is 10.0. The molecule has 1 N–H and O–H groups in total. The average molecular weight is 316 g/mol. The van der Waals surface area contributed by atoms with Crippen LogP contribution in [-0.2, 0) is 16.0 Å². The number of carboxylic acids is 1. The summed E-state index contributed by atoms with van der Waals surface area (Å²) in [6, 6.07) is 4.79. The van der Waals surface area contributed by atoms with Crippen LogP contribution in [0.1, 0.15) is 18.9 Å². The molecule has 2 rings (SSSR count). The van der Waals surface area contributed by atoms with Crippen LogP contribution in [0.4, 0.5) is 0 Å². The minimum absolute atomic E-state index is 0.0837. The third kappa shape index (κ3) is 3.07. The molecular weight excluding hydrogens is 301 g/mol. The van der Waals surface area contributed by atoms with Gasteiger partial charge in [0.25, 0.3) is 0 Å². The highest BCUT2D eigenvalue weighted by atomic mass is 35.5. The molecule has 1 aliphatic heterocycles. The second-order valence-corrected chi connectivity index (χ2v) is 5.80. The largest absolute Gasteiger partial charge is 0.481 e. The van der Waals surface area contributed by atoms with Crippen molar-refractivity contribution in [2.45, 2.75) is 25.8 Å². The van der Waals surface area contributed by atoms with Crippen molar-refractivity contribution >= 4 is 35.1 Å². The van der Waals surface area contributed by atoms with E-state index in [0.29, 0.717) is 23.0 Å². The van der Waals surface area contributed by atoms with E-state index in [-0.39, 0.29) is 18.4 Å². The van der Waals surface area contributed by atoms with E-state index in [4.69, 9.17) is 28.3 Å². The molecule has 1 saturated heterocycles. The van der Waals surface area contributed by atoms with E-state index in [1.54, 1.807) is 30.0 Å². The third-order valence-electron chi connectivity index (χ3n) is 3.73. The van der Waals surface area contributed by atoms with Crippen molar-refractivity contribution in [2.75, 3.05) is 6.54 Å². The number of rotatable bonds is 3. The summed E-state index contributed by atoms with van der Waals surface area (Å²) in [4.78, 5) is 24.9. The van der Waals surface area contributed by atoms with Crippen LogP contribution in [0.5, 0.6) is 0 Å². The molecule has 20 heavy (non-hydrogen) atoms. The number of nitrogens with zero attached hydrogens (tertiary/aromatic N) is 1. The van der Waals surface area contributed by atoms with Crippen molar-refractivity contribution in [2.24, 2.45) is 5.92 Å². The number of carboxylic acid groups (broad SMARTS) is 1. The number of carbonyl (C=O) groups excluding carboxylic acids is 1. The van der Waals surface area contributed by atoms with Gasteiger partial charge in [-0.05, 0) is 31.0 Å². The molecule has 0 radical (unpaired) electrons. The molecule has 2 atom stereocenters. The second-order valence-electron chi connectivity index (χ2n) is 4.99. The number of amides is 1. The number of benzene rings is 1. The Morgan fingerprint density at radius 2 is 2.05 bits per heavy atom. The van der Waals surface area contributed by atoms with Crippen LogP contribution >= 0.6 is 23.2 Å². The van der Waals surface area contributed by atoms with Gasteiger partial charge >= 0.3 is 5.97 Å². The summed E-state index contributed by atoms with van der Waals surface area (Å²) >= 11 is 11.7. The summed E-state index contributed by atoms with van der Waals surface area (Å²) in [7, 11) is 0. The lowest BCUT2D eigenvalue weighted by Gasteiger charge is -2.23. The molecule has 0 saturated carbocycles. The summed E-state index contributed by atoms with van der Waals surface area (Å²) < 4.78 is 0. The van der Waals surface area contributed by atoms with E-state index < -0.39 is 11.9 Å². The topological polar surface area (TPSA) is 57.6 Å². The zero-order valence-electron chi connectivity index (χ0n) is 11.0. The first-order chi connectivity index (χ1) is 9.40. The maximum absolute atomic E-state index is 12.2. The maximum Gasteiger partial charge on any atom is 0.308 e. The van der Waals surface area contributed by atoms with Crippen molar-refractivity contribution in [3.63, 3.8) is 0 Å². The molecule has 0 aromatic heterocycles. The monoisotopic (exact) mass is 315 g/mol. The molecule has 0 spiro atoms. The molecule has 6 heteroatoms. The smallest absolute Gasteiger partial charge is 0.308 e. The molecule has 108 valence electrons. The molecular formula is C14H15Cl2NO3. The van der Waals surface area contributed by atoms with E-state index in [0.717, 1.165) is 5.56 Å². The van der Waals surface area contributed by atoms with Gasteiger partial charge in [-0.2, -0.15) is 0 Å². The number of halogens is 2. The molecule has 1 amide bonds. The minimum Gasteiger partial charge on any atom is -0.481 e. The minimum atomic E-state index is -0.845. The van der Waals surface area contributed by atoms with Gasteiger partial charge in [-0.25, -0.2) is 0 Å². The van der Waals surface area contributed by atoms with Crippen molar-refractivity contribution in [3.05, 3.63) is 33.8 Å². The van der Waals surface area contributed by atoms with E-state index >= 15 is 0 Å². The van der Waals surface area contributed by atoms with Gasteiger partial charge in [0, 0.05) is 12.6 Å². The molecule has 2 unspecified atom stereocenters. The lowest BCUT2D eigenvalue weighted by molar-refractivity contribution is -0.143. The van der Waals surface area contributed by atoms with E-state index in [1.807, 2.05) is 0 Å². The maximum atomic E-state index is 12.2. The van der Waals surface area contributed by atoms with Crippen LogP contribution in [0.2, 0.25) is 10.0 Å².